The van der Waals surface area contributed by atoms with Crippen LogP contribution in [0.15, 0.2) is 66.9 Å². The van der Waals surface area contributed by atoms with Gasteiger partial charge in [0.1, 0.15) is 12.3 Å². The van der Waals surface area contributed by atoms with E-state index >= 15 is 0 Å². The second-order valence-corrected chi connectivity index (χ2v) is 8.71. The van der Waals surface area contributed by atoms with Gasteiger partial charge in [0, 0.05) is 0 Å². The third kappa shape index (κ3) is 6.75. The highest BCUT2D eigenvalue weighted by Crippen LogP contribution is 2.33. The first-order valence-electron chi connectivity index (χ1n) is 12.2. The van der Waals surface area contributed by atoms with E-state index in [4.69, 9.17) is 23.7 Å². The third-order valence-corrected chi connectivity index (χ3v) is 6.04. The van der Waals surface area contributed by atoms with Gasteiger partial charge in [0.05, 0.1) is 46.8 Å². The molecule has 9 heteroatoms. The molecule has 0 fully saturated rings. The molecule has 0 saturated heterocycles. The summed E-state index contributed by atoms with van der Waals surface area (Å²) in [6.07, 6.45) is 3.49. The summed E-state index contributed by atoms with van der Waals surface area (Å²) < 4.78 is 28.9. The number of benzene rings is 3. The molecule has 4 aromatic rings. The highest BCUT2D eigenvalue weighted by Gasteiger charge is 2.18. The van der Waals surface area contributed by atoms with Crippen LogP contribution in [0.25, 0.3) is 11.6 Å². The lowest BCUT2D eigenvalue weighted by Crippen LogP contribution is -2.08. The minimum absolute atomic E-state index is 0.0384. The van der Waals surface area contributed by atoms with Crippen LogP contribution >= 0.6 is 0 Å². The average molecular weight is 530 g/mol. The SMILES string of the molecule is COc1ccc(/C=C(/C(=O)OCc2cn(Cc3ccc(C)cc3)nn2)c2ccc(OC)c(OC)c2)cc1OC. The molecule has 0 bridgehead atoms. The summed E-state index contributed by atoms with van der Waals surface area (Å²) in [6, 6.07) is 18.8. The summed E-state index contributed by atoms with van der Waals surface area (Å²) in [7, 11) is 6.22. The van der Waals surface area contributed by atoms with E-state index in [1.165, 1.54) is 12.7 Å². The topological polar surface area (TPSA) is 93.9 Å². The summed E-state index contributed by atoms with van der Waals surface area (Å²) in [5.41, 5.74) is 4.45. The molecule has 0 spiro atoms. The number of hydrogen-bond acceptors (Lipinski definition) is 8. The molecule has 0 aliphatic heterocycles. The maximum Gasteiger partial charge on any atom is 0.339 e. The number of rotatable bonds is 11. The molecular formula is C30H31N3O6. The van der Waals surface area contributed by atoms with E-state index in [1.807, 2.05) is 25.1 Å². The Morgan fingerprint density at radius 2 is 1.46 bits per heavy atom. The Hall–Kier alpha value is -4.79. The fourth-order valence-electron chi connectivity index (χ4n) is 3.95. The zero-order valence-electron chi connectivity index (χ0n) is 22.6. The normalized spacial score (nSPS) is 11.2. The second-order valence-electron chi connectivity index (χ2n) is 8.71. The van der Waals surface area contributed by atoms with Crippen LogP contribution < -0.4 is 18.9 Å². The molecule has 0 saturated carbocycles. The Kier molecular flexibility index (Phi) is 8.83. The van der Waals surface area contributed by atoms with Gasteiger partial charge in [0.25, 0.3) is 0 Å². The molecule has 1 heterocycles. The molecule has 0 atom stereocenters. The summed E-state index contributed by atoms with van der Waals surface area (Å²) in [5, 5.41) is 8.32. The van der Waals surface area contributed by atoms with Crippen molar-refractivity contribution in [2.75, 3.05) is 28.4 Å². The van der Waals surface area contributed by atoms with E-state index in [2.05, 4.69) is 22.4 Å². The van der Waals surface area contributed by atoms with E-state index in [9.17, 15) is 4.79 Å². The van der Waals surface area contributed by atoms with E-state index in [0.717, 1.165) is 11.1 Å². The largest absolute Gasteiger partial charge is 0.493 e. The van der Waals surface area contributed by atoms with Crippen molar-refractivity contribution in [1.82, 2.24) is 15.0 Å². The van der Waals surface area contributed by atoms with Gasteiger partial charge in [-0.15, -0.1) is 5.10 Å². The first-order chi connectivity index (χ1) is 18.9. The van der Waals surface area contributed by atoms with Gasteiger partial charge in [-0.05, 0) is 54.0 Å². The number of nitrogens with zero attached hydrogens (tertiary/aromatic N) is 3. The maximum absolute atomic E-state index is 13.4. The summed E-state index contributed by atoms with van der Waals surface area (Å²) in [6.45, 7) is 2.57. The Labute approximate surface area is 227 Å². The highest BCUT2D eigenvalue weighted by molar-refractivity contribution is 6.21. The van der Waals surface area contributed by atoms with Gasteiger partial charge in [-0.25, -0.2) is 9.48 Å². The number of esters is 1. The Balaban J connectivity index is 1.58. The molecular weight excluding hydrogens is 498 g/mol. The van der Waals surface area contributed by atoms with Gasteiger partial charge in [-0.3, -0.25) is 0 Å². The number of methoxy groups -OCH3 is 4. The van der Waals surface area contributed by atoms with Crippen LogP contribution in [-0.2, 0) is 22.7 Å². The number of ether oxygens (including phenoxy) is 5. The first-order valence-corrected chi connectivity index (χ1v) is 12.2. The predicted octanol–water partition coefficient (Wildman–Crippen LogP) is 4.95. The van der Waals surface area contributed by atoms with E-state index in [-0.39, 0.29) is 6.61 Å². The Morgan fingerprint density at radius 3 is 2.13 bits per heavy atom. The standard InChI is InChI=1S/C30H31N3O6/c1-20-6-8-21(9-7-20)17-33-18-24(31-32-33)19-39-30(34)25(23-11-13-27(36-3)29(16-23)38-5)14-22-10-12-26(35-2)28(15-22)37-4/h6-16,18H,17,19H2,1-5H3/b25-14+. The van der Waals surface area contributed by atoms with Gasteiger partial charge in [-0.2, -0.15) is 0 Å². The first kappa shape index (κ1) is 27.3. The number of aryl methyl sites for hydroxylation is 1. The molecule has 202 valence electrons. The molecule has 0 N–H and O–H groups in total. The lowest BCUT2D eigenvalue weighted by Gasteiger charge is -2.13. The van der Waals surface area contributed by atoms with Gasteiger partial charge < -0.3 is 23.7 Å². The minimum atomic E-state index is -0.537. The quantitative estimate of drug-likeness (QED) is 0.153. The van der Waals surface area contributed by atoms with Gasteiger partial charge in [-0.1, -0.05) is 47.2 Å². The fraction of sp³-hybridized carbons (Fsp3) is 0.233. The van der Waals surface area contributed by atoms with Crippen LogP contribution in [-0.4, -0.2) is 49.4 Å². The van der Waals surface area contributed by atoms with Crippen molar-refractivity contribution < 1.29 is 28.5 Å². The summed E-state index contributed by atoms with van der Waals surface area (Å²) >= 11 is 0. The zero-order chi connectivity index (χ0) is 27.8. The second kappa shape index (κ2) is 12.6. The van der Waals surface area contributed by atoms with Crippen molar-refractivity contribution in [3.63, 3.8) is 0 Å². The molecule has 3 aromatic carbocycles. The third-order valence-electron chi connectivity index (χ3n) is 6.04. The lowest BCUT2D eigenvalue weighted by molar-refractivity contribution is -0.137. The number of hydrogen-bond donors (Lipinski definition) is 0. The molecule has 0 aliphatic rings. The van der Waals surface area contributed by atoms with Gasteiger partial charge in [0.2, 0.25) is 0 Å². The molecule has 0 aliphatic carbocycles. The van der Waals surface area contributed by atoms with Crippen LogP contribution in [0.5, 0.6) is 23.0 Å². The molecule has 39 heavy (non-hydrogen) atoms. The monoisotopic (exact) mass is 529 g/mol. The predicted molar refractivity (Wildman–Crippen MR) is 147 cm³/mol. The molecule has 0 radical (unpaired) electrons. The maximum atomic E-state index is 13.4. The smallest absolute Gasteiger partial charge is 0.339 e. The lowest BCUT2D eigenvalue weighted by atomic mass is 10.0. The van der Waals surface area contributed by atoms with Crippen LogP contribution in [0, 0.1) is 6.92 Å². The van der Waals surface area contributed by atoms with Crippen LogP contribution in [0.1, 0.15) is 27.9 Å². The number of carbonyl (C=O) groups is 1. The molecule has 1 aromatic heterocycles. The molecule has 0 unspecified atom stereocenters. The van der Waals surface area contributed by atoms with Crippen molar-refractivity contribution in [3.8, 4) is 23.0 Å². The minimum Gasteiger partial charge on any atom is -0.493 e. The van der Waals surface area contributed by atoms with Gasteiger partial charge in [0.15, 0.2) is 23.0 Å². The number of aromatic nitrogens is 3. The molecule has 9 nitrogen and oxygen atoms in total. The highest BCUT2D eigenvalue weighted by atomic mass is 16.5. The molecule has 0 amide bonds. The fourth-order valence-corrected chi connectivity index (χ4v) is 3.95. The van der Waals surface area contributed by atoms with E-state index in [0.29, 0.717) is 46.4 Å². The van der Waals surface area contributed by atoms with Crippen molar-refractivity contribution in [2.45, 2.75) is 20.1 Å². The Morgan fingerprint density at radius 1 is 0.821 bits per heavy atom. The summed E-state index contributed by atoms with van der Waals surface area (Å²) in [5.74, 6) is 1.62. The van der Waals surface area contributed by atoms with Crippen molar-refractivity contribution in [3.05, 3.63) is 94.8 Å². The molecule has 4 rings (SSSR count). The van der Waals surface area contributed by atoms with Crippen molar-refractivity contribution in [2.24, 2.45) is 0 Å². The van der Waals surface area contributed by atoms with Crippen molar-refractivity contribution >= 4 is 17.6 Å². The zero-order valence-corrected chi connectivity index (χ0v) is 22.6. The summed E-state index contributed by atoms with van der Waals surface area (Å²) in [4.78, 5) is 13.4. The van der Waals surface area contributed by atoms with Crippen LogP contribution in [0.3, 0.4) is 0 Å². The van der Waals surface area contributed by atoms with E-state index in [1.54, 1.807) is 68.6 Å². The van der Waals surface area contributed by atoms with Crippen molar-refractivity contribution in [1.29, 1.82) is 0 Å². The number of carbonyl (C=O) groups excluding carboxylic acids is 1. The average Bonchev–Trinajstić information content (AvgIpc) is 3.42. The Bertz CT molecular complexity index is 1460. The van der Waals surface area contributed by atoms with Crippen LogP contribution in [0.4, 0.5) is 0 Å². The van der Waals surface area contributed by atoms with E-state index < -0.39 is 5.97 Å². The van der Waals surface area contributed by atoms with Gasteiger partial charge >= 0.3 is 5.97 Å². The van der Waals surface area contributed by atoms with Crippen LogP contribution in [0.2, 0.25) is 0 Å².